The smallest absolute Gasteiger partial charge is 0.246 e. The van der Waals surface area contributed by atoms with E-state index in [1.807, 2.05) is 18.7 Å². The van der Waals surface area contributed by atoms with Gasteiger partial charge in [-0.2, -0.15) is 5.26 Å². The molecule has 3 N–H and O–H groups in total. The van der Waals surface area contributed by atoms with Crippen molar-refractivity contribution in [3.8, 4) is 6.07 Å². The summed E-state index contributed by atoms with van der Waals surface area (Å²) in [6.07, 6.45) is 8.51. The lowest BCUT2D eigenvalue weighted by Crippen LogP contribution is -2.55. The number of sulfonamides is 1. The van der Waals surface area contributed by atoms with Crippen LogP contribution < -0.4 is 15.4 Å². The van der Waals surface area contributed by atoms with Crippen LogP contribution in [0.2, 0.25) is 0 Å². The first-order valence-electron chi connectivity index (χ1n) is 13.1. The van der Waals surface area contributed by atoms with Crippen LogP contribution in [0.25, 0.3) is 0 Å². The van der Waals surface area contributed by atoms with Gasteiger partial charge in [-0.15, -0.1) is 0 Å². The van der Waals surface area contributed by atoms with E-state index in [9.17, 15) is 18.5 Å². The average Bonchev–Trinajstić information content (AvgIpc) is 3.21. The molecule has 0 spiro atoms. The van der Waals surface area contributed by atoms with Crippen molar-refractivity contribution in [3.63, 3.8) is 0 Å². The van der Waals surface area contributed by atoms with Gasteiger partial charge in [0.05, 0.1) is 12.3 Å². The standard InChI is InChI=1S/C24H43N7O3S/c1-19(2)15-21(27-23(29-35(3,33)34)31-13-10-26-11-14-31)22(32)28-24(17-25)9-12-30(18-24)16-20-7-5-4-6-8-20/h19-21,26H,4-16,18H2,1-3H3,(H,27,29)(H,28,32). The molecule has 1 saturated carbocycles. The first kappa shape index (κ1) is 27.7. The third-order valence-corrected chi connectivity index (χ3v) is 7.69. The molecule has 198 valence electrons. The lowest BCUT2D eigenvalue weighted by Gasteiger charge is -2.32. The van der Waals surface area contributed by atoms with Gasteiger partial charge < -0.3 is 15.5 Å². The second-order valence-electron chi connectivity index (χ2n) is 10.9. The third-order valence-electron chi connectivity index (χ3n) is 7.13. The van der Waals surface area contributed by atoms with Crippen molar-refractivity contribution in [3.05, 3.63) is 0 Å². The molecule has 2 unspecified atom stereocenters. The Balaban J connectivity index is 1.74. The molecule has 2 heterocycles. The van der Waals surface area contributed by atoms with Gasteiger partial charge in [-0.05, 0) is 37.5 Å². The van der Waals surface area contributed by atoms with Gasteiger partial charge in [-0.3, -0.25) is 14.4 Å². The van der Waals surface area contributed by atoms with E-state index in [2.05, 4.69) is 31.3 Å². The van der Waals surface area contributed by atoms with Gasteiger partial charge in [0.25, 0.3) is 0 Å². The first-order valence-corrected chi connectivity index (χ1v) is 15.0. The summed E-state index contributed by atoms with van der Waals surface area (Å²) in [6.45, 7) is 8.92. The number of nitriles is 1. The summed E-state index contributed by atoms with van der Waals surface area (Å²) >= 11 is 0. The quantitative estimate of drug-likeness (QED) is 0.327. The van der Waals surface area contributed by atoms with E-state index in [4.69, 9.17) is 0 Å². The molecule has 1 aliphatic carbocycles. The number of nitrogens with zero attached hydrogens (tertiary/aromatic N) is 4. The number of amides is 1. The minimum Gasteiger partial charge on any atom is -0.340 e. The highest BCUT2D eigenvalue weighted by Gasteiger charge is 2.41. The maximum Gasteiger partial charge on any atom is 0.246 e. The fraction of sp³-hybridized carbons (Fsp3) is 0.875. The maximum absolute atomic E-state index is 13.5. The third kappa shape index (κ3) is 8.62. The number of piperazine rings is 1. The Bertz CT molecular complexity index is 889. The van der Waals surface area contributed by atoms with E-state index >= 15 is 0 Å². The highest BCUT2D eigenvalue weighted by molar-refractivity contribution is 7.89. The van der Waals surface area contributed by atoms with Crippen molar-refractivity contribution in [2.45, 2.75) is 70.4 Å². The van der Waals surface area contributed by atoms with Crippen LogP contribution in [-0.4, -0.2) is 93.7 Å². The summed E-state index contributed by atoms with van der Waals surface area (Å²) in [4.78, 5) is 22.3. The summed E-state index contributed by atoms with van der Waals surface area (Å²) in [5.74, 6) is 0.728. The Kier molecular flexibility index (Phi) is 9.78. The molecule has 3 fully saturated rings. The fourth-order valence-corrected chi connectivity index (χ4v) is 5.86. The van der Waals surface area contributed by atoms with Gasteiger partial charge >= 0.3 is 0 Å². The molecule has 2 aliphatic heterocycles. The number of aliphatic imine (C=N–C) groups is 1. The lowest BCUT2D eigenvalue weighted by molar-refractivity contribution is -0.123. The molecule has 3 aliphatic rings. The molecular formula is C24H43N7O3S. The number of carbonyl (C=O) groups excluding carboxylic acids is 1. The second-order valence-corrected chi connectivity index (χ2v) is 12.6. The Morgan fingerprint density at radius 3 is 2.49 bits per heavy atom. The van der Waals surface area contributed by atoms with E-state index in [0.29, 0.717) is 51.5 Å². The van der Waals surface area contributed by atoms with Crippen molar-refractivity contribution < 1.29 is 13.2 Å². The maximum atomic E-state index is 13.5. The van der Waals surface area contributed by atoms with Crippen LogP contribution in [0.4, 0.5) is 0 Å². The van der Waals surface area contributed by atoms with Crippen LogP contribution in [0.5, 0.6) is 0 Å². The number of likely N-dealkylation sites (tertiary alicyclic amines) is 1. The van der Waals surface area contributed by atoms with Gasteiger partial charge in [0.2, 0.25) is 21.9 Å². The Labute approximate surface area is 210 Å². The number of nitrogens with one attached hydrogen (secondary N) is 3. The van der Waals surface area contributed by atoms with E-state index in [1.54, 1.807) is 0 Å². The monoisotopic (exact) mass is 509 g/mol. The molecule has 11 heteroatoms. The SMILES string of the molecule is CC(C)CC(N=C(NS(C)(=O)=O)N1CCNCC1)C(=O)NC1(C#N)CCN(CC2CCCCC2)C1. The highest BCUT2D eigenvalue weighted by Crippen LogP contribution is 2.28. The van der Waals surface area contributed by atoms with Gasteiger partial charge in [-0.25, -0.2) is 13.4 Å². The molecule has 2 saturated heterocycles. The number of hydrogen-bond donors (Lipinski definition) is 3. The van der Waals surface area contributed by atoms with Crippen LogP contribution in [0, 0.1) is 23.2 Å². The molecule has 35 heavy (non-hydrogen) atoms. The molecular weight excluding hydrogens is 466 g/mol. The molecule has 0 radical (unpaired) electrons. The fourth-order valence-electron chi connectivity index (χ4n) is 5.35. The van der Waals surface area contributed by atoms with Crippen LogP contribution >= 0.6 is 0 Å². The minimum atomic E-state index is -3.57. The summed E-state index contributed by atoms with van der Waals surface area (Å²) in [5.41, 5.74) is -0.935. The zero-order valence-electron chi connectivity index (χ0n) is 21.6. The molecule has 1 amide bonds. The van der Waals surface area contributed by atoms with Crippen molar-refractivity contribution >= 4 is 21.9 Å². The highest BCUT2D eigenvalue weighted by atomic mass is 32.2. The molecule has 0 aromatic heterocycles. The Morgan fingerprint density at radius 1 is 1.20 bits per heavy atom. The van der Waals surface area contributed by atoms with Crippen molar-refractivity contribution in [2.75, 3.05) is 52.1 Å². The van der Waals surface area contributed by atoms with Crippen molar-refractivity contribution in [1.29, 1.82) is 5.26 Å². The molecule has 2 atom stereocenters. The van der Waals surface area contributed by atoms with Crippen LogP contribution in [0.3, 0.4) is 0 Å². The average molecular weight is 510 g/mol. The largest absolute Gasteiger partial charge is 0.340 e. The van der Waals surface area contributed by atoms with Gasteiger partial charge in [-0.1, -0.05) is 33.1 Å². The zero-order chi connectivity index (χ0) is 25.5. The first-order chi connectivity index (χ1) is 16.6. The molecule has 0 bridgehead atoms. The number of hydrogen-bond acceptors (Lipinski definition) is 7. The predicted octanol–water partition coefficient (Wildman–Crippen LogP) is 0.876. The summed E-state index contributed by atoms with van der Waals surface area (Å²) in [7, 11) is -3.57. The molecule has 3 rings (SSSR count). The Morgan fingerprint density at radius 2 is 1.89 bits per heavy atom. The minimum absolute atomic E-state index is 0.168. The lowest BCUT2D eigenvalue weighted by atomic mass is 9.89. The number of guanidine groups is 1. The normalized spacial score (nSPS) is 25.9. The van der Waals surface area contributed by atoms with Crippen molar-refractivity contribution in [1.82, 2.24) is 25.2 Å². The van der Waals surface area contributed by atoms with E-state index in [-0.39, 0.29) is 17.8 Å². The van der Waals surface area contributed by atoms with Crippen molar-refractivity contribution in [2.24, 2.45) is 16.8 Å². The van der Waals surface area contributed by atoms with E-state index in [1.165, 1.54) is 32.1 Å². The van der Waals surface area contributed by atoms with Crippen LogP contribution in [0.15, 0.2) is 4.99 Å². The van der Waals surface area contributed by atoms with Gasteiger partial charge in [0, 0.05) is 45.8 Å². The zero-order valence-corrected chi connectivity index (χ0v) is 22.4. The van der Waals surface area contributed by atoms with Crippen LogP contribution in [-0.2, 0) is 14.8 Å². The molecule has 10 nitrogen and oxygen atoms in total. The number of rotatable bonds is 8. The summed E-state index contributed by atoms with van der Waals surface area (Å²) in [6, 6.07) is 1.60. The molecule has 0 aromatic rings. The second kappa shape index (κ2) is 12.4. The summed E-state index contributed by atoms with van der Waals surface area (Å²) in [5, 5.41) is 16.3. The van der Waals surface area contributed by atoms with E-state index < -0.39 is 21.6 Å². The Hall–Kier alpha value is -1.90. The topological polar surface area (TPSA) is 130 Å². The number of carbonyl (C=O) groups is 1. The predicted molar refractivity (Wildman–Crippen MR) is 137 cm³/mol. The van der Waals surface area contributed by atoms with Crippen LogP contribution in [0.1, 0.15) is 58.8 Å². The molecule has 0 aromatic carbocycles. The van der Waals surface area contributed by atoms with Gasteiger partial charge in [0.15, 0.2) is 0 Å². The van der Waals surface area contributed by atoms with E-state index in [0.717, 1.165) is 19.3 Å². The summed E-state index contributed by atoms with van der Waals surface area (Å²) < 4.78 is 26.6. The van der Waals surface area contributed by atoms with Gasteiger partial charge in [0.1, 0.15) is 11.6 Å².